The summed E-state index contributed by atoms with van der Waals surface area (Å²) in [6.45, 7) is 6.83. The maximum Gasteiger partial charge on any atom is 0.335 e. The normalized spacial score (nSPS) is 14.5. The quantitative estimate of drug-likeness (QED) is 0.222. The maximum absolute atomic E-state index is 13.1. The van der Waals surface area contributed by atoms with Gasteiger partial charge in [0.05, 0.1) is 12.3 Å². The van der Waals surface area contributed by atoms with Crippen LogP contribution in [0.2, 0.25) is 5.02 Å². The minimum atomic E-state index is -0.832. The fraction of sp³-hybridized carbons (Fsp3) is 0.207. The largest absolute Gasteiger partial charge is 0.490 e. The molecule has 1 aliphatic rings. The fourth-order valence-corrected chi connectivity index (χ4v) is 4.10. The molecule has 0 spiro atoms. The van der Waals surface area contributed by atoms with Crippen molar-refractivity contribution in [2.75, 3.05) is 24.7 Å². The molecule has 0 radical (unpaired) electrons. The number of ether oxygens (including phenoxy) is 3. The Morgan fingerprint density at radius 3 is 2.24 bits per heavy atom. The highest BCUT2D eigenvalue weighted by molar-refractivity contribution is 6.39. The molecule has 4 rings (SSSR count). The SMILES string of the molecule is CCOc1cc(C=C2C(=O)NC(=O)N(c3ccc(Cl)cc3)C2=O)ccc1OCCOc1c(C)cccc1C. The van der Waals surface area contributed by atoms with Gasteiger partial charge in [-0.05, 0) is 79.9 Å². The minimum absolute atomic E-state index is 0.197. The molecule has 4 amide bonds. The second-order valence-corrected chi connectivity index (χ2v) is 8.93. The Hall–Kier alpha value is -4.30. The smallest absolute Gasteiger partial charge is 0.335 e. The van der Waals surface area contributed by atoms with Crippen LogP contribution in [0, 0.1) is 13.8 Å². The van der Waals surface area contributed by atoms with E-state index in [1.807, 2.05) is 39.0 Å². The van der Waals surface area contributed by atoms with E-state index in [1.54, 1.807) is 30.3 Å². The van der Waals surface area contributed by atoms with Crippen molar-refractivity contribution in [1.29, 1.82) is 0 Å². The van der Waals surface area contributed by atoms with Crippen LogP contribution in [-0.2, 0) is 9.59 Å². The number of carbonyl (C=O) groups is 3. The monoisotopic (exact) mass is 534 g/mol. The summed E-state index contributed by atoms with van der Waals surface area (Å²) < 4.78 is 17.5. The van der Waals surface area contributed by atoms with Gasteiger partial charge >= 0.3 is 6.03 Å². The summed E-state index contributed by atoms with van der Waals surface area (Å²) in [7, 11) is 0. The van der Waals surface area contributed by atoms with Crippen molar-refractivity contribution in [3.05, 3.63) is 87.9 Å². The molecule has 1 aliphatic heterocycles. The van der Waals surface area contributed by atoms with E-state index in [4.69, 9.17) is 25.8 Å². The van der Waals surface area contributed by atoms with E-state index >= 15 is 0 Å². The van der Waals surface area contributed by atoms with Crippen molar-refractivity contribution in [2.24, 2.45) is 0 Å². The molecule has 0 unspecified atom stereocenters. The van der Waals surface area contributed by atoms with Crippen LogP contribution in [0.15, 0.2) is 66.2 Å². The molecule has 9 heteroatoms. The summed E-state index contributed by atoms with van der Waals surface area (Å²) in [5.74, 6) is 0.250. The van der Waals surface area contributed by atoms with E-state index < -0.39 is 17.8 Å². The van der Waals surface area contributed by atoms with Crippen LogP contribution < -0.4 is 24.4 Å². The highest BCUT2D eigenvalue weighted by atomic mass is 35.5. The Kier molecular flexibility index (Phi) is 8.33. The van der Waals surface area contributed by atoms with E-state index in [0.717, 1.165) is 21.8 Å². The van der Waals surface area contributed by atoms with Crippen LogP contribution >= 0.6 is 11.6 Å². The van der Waals surface area contributed by atoms with Gasteiger partial charge in [-0.1, -0.05) is 35.9 Å². The molecule has 1 N–H and O–H groups in total. The molecule has 0 atom stereocenters. The highest BCUT2D eigenvalue weighted by Gasteiger charge is 2.36. The van der Waals surface area contributed by atoms with Crippen LogP contribution in [0.4, 0.5) is 10.5 Å². The molecule has 3 aromatic rings. The average Bonchev–Trinajstić information content (AvgIpc) is 2.88. The topological polar surface area (TPSA) is 94.2 Å². The third-order valence-electron chi connectivity index (χ3n) is 5.76. The van der Waals surface area contributed by atoms with E-state index in [9.17, 15) is 14.4 Å². The summed E-state index contributed by atoms with van der Waals surface area (Å²) in [6, 6.07) is 16.4. The lowest BCUT2D eigenvalue weighted by atomic mass is 10.1. The van der Waals surface area contributed by atoms with Crippen LogP contribution in [0.5, 0.6) is 17.2 Å². The summed E-state index contributed by atoms with van der Waals surface area (Å²) in [6.07, 6.45) is 1.41. The van der Waals surface area contributed by atoms with Gasteiger partial charge in [0.25, 0.3) is 11.8 Å². The van der Waals surface area contributed by atoms with Crippen molar-refractivity contribution in [2.45, 2.75) is 20.8 Å². The van der Waals surface area contributed by atoms with E-state index in [2.05, 4.69) is 5.32 Å². The molecule has 0 bridgehead atoms. The molecule has 1 saturated heterocycles. The van der Waals surface area contributed by atoms with E-state index in [1.165, 1.54) is 18.2 Å². The first-order chi connectivity index (χ1) is 18.3. The van der Waals surface area contributed by atoms with E-state index in [0.29, 0.717) is 35.3 Å². The van der Waals surface area contributed by atoms with Crippen molar-refractivity contribution in [3.63, 3.8) is 0 Å². The number of rotatable bonds is 9. The first-order valence-electron chi connectivity index (χ1n) is 12.0. The Labute approximate surface area is 225 Å². The molecular formula is C29H27ClN2O6. The molecule has 0 aliphatic carbocycles. The lowest BCUT2D eigenvalue weighted by molar-refractivity contribution is -0.122. The third-order valence-corrected chi connectivity index (χ3v) is 6.01. The number of hydrogen-bond donors (Lipinski definition) is 1. The zero-order valence-electron chi connectivity index (χ0n) is 21.2. The van der Waals surface area contributed by atoms with Gasteiger partial charge in [0.15, 0.2) is 11.5 Å². The summed E-state index contributed by atoms with van der Waals surface area (Å²) in [5, 5.41) is 2.66. The average molecular weight is 535 g/mol. The van der Waals surface area contributed by atoms with Gasteiger partial charge in [0, 0.05) is 5.02 Å². The summed E-state index contributed by atoms with van der Waals surface area (Å²) >= 11 is 5.92. The second-order valence-electron chi connectivity index (χ2n) is 8.49. The molecule has 0 saturated carbocycles. The molecular weight excluding hydrogens is 508 g/mol. The predicted molar refractivity (Wildman–Crippen MR) is 145 cm³/mol. The number of nitrogens with zero attached hydrogens (tertiary/aromatic N) is 1. The zero-order valence-corrected chi connectivity index (χ0v) is 22.0. The second kappa shape index (κ2) is 11.8. The van der Waals surface area contributed by atoms with Gasteiger partial charge in [-0.3, -0.25) is 14.9 Å². The zero-order chi connectivity index (χ0) is 27.2. The number of para-hydroxylation sites is 1. The van der Waals surface area contributed by atoms with Crippen LogP contribution in [0.1, 0.15) is 23.6 Å². The Bertz CT molecular complexity index is 1380. The van der Waals surface area contributed by atoms with E-state index in [-0.39, 0.29) is 17.9 Å². The molecule has 8 nitrogen and oxygen atoms in total. The van der Waals surface area contributed by atoms with Gasteiger partial charge in [0.2, 0.25) is 0 Å². The number of carbonyl (C=O) groups excluding carboxylic acids is 3. The van der Waals surface area contributed by atoms with Crippen molar-refractivity contribution >= 4 is 41.2 Å². The van der Waals surface area contributed by atoms with Crippen LogP contribution in [0.3, 0.4) is 0 Å². The van der Waals surface area contributed by atoms with Gasteiger partial charge < -0.3 is 14.2 Å². The predicted octanol–water partition coefficient (Wildman–Crippen LogP) is 5.48. The number of anilines is 1. The van der Waals surface area contributed by atoms with Gasteiger partial charge in [-0.15, -0.1) is 0 Å². The lowest BCUT2D eigenvalue weighted by Gasteiger charge is -2.26. The fourth-order valence-electron chi connectivity index (χ4n) is 3.97. The first kappa shape index (κ1) is 26.8. The highest BCUT2D eigenvalue weighted by Crippen LogP contribution is 2.31. The summed E-state index contributed by atoms with van der Waals surface area (Å²) in [4.78, 5) is 38.9. The number of urea groups is 1. The molecule has 1 fully saturated rings. The van der Waals surface area contributed by atoms with Gasteiger partial charge in [0.1, 0.15) is 24.5 Å². The molecule has 3 aromatic carbocycles. The number of aryl methyl sites for hydroxylation is 2. The minimum Gasteiger partial charge on any atom is -0.490 e. The summed E-state index contributed by atoms with van der Waals surface area (Å²) in [5.41, 5.74) is 2.72. The van der Waals surface area contributed by atoms with Gasteiger partial charge in [-0.25, -0.2) is 9.69 Å². The van der Waals surface area contributed by atoms with Gasteiger partial charge in [-0.2, -0.15) is 0 Å². The maximum atomic E-state index is 13.1. The van der Waals surface area contributed by atoms with Crippen LogP contribution in [-0.4, -0.2) is 37.7 Å². The van der Waals surface area contributed by atoms with Crippen molar-refractivity contribution < 1.29 is 28.6 Å². The lowest BCUT2D eigenvalue weighted by Crippen LogP contribution is -2.54. The number of imide groups is 2. The number of halogens is 1. The van der Waals surface area contributed by atoms with Crippen molar-refractivity contribution in [1.82, 2.24) is 5.32 Å². The third kappa shape index (κ3) is 5.98. The Balaban J connectivity index is 1.51. The number of hydrogen-bond acceptors (Lipinski definition) is 6. The molecule has 38 heavy (non-hydrogen) atoms. The molecule has 196 valence electrons. The standard InChI is InChI=1S/C29H27ClN2O6/c1-4-36-25-17-20(8-13-24(25)37-14-15-38-26-18(2)6-5-7-19(26)3)16-23-27(33)31-29(35)32(28(23)34)22-11-9-21(30)10-12-22/h5-13,16-17H,4,14-15H2,1-3H3,(H,31,33,35). The first-order valence-corrected chi connectivity index (χ1v) is 12.4. The van der Waals surface area contributed by atoms with Crippen LogP contribution in [0.25, 0.3) is 6.08 Å². The number of benzene rings is 3. The Morgan fingerprint density at radius 2 is 1.55 bits per heavy atom. The molecule has 1 heterocycles. The molecule has 0 aromatic heterocycles. The number of amides is 4. The Morgan fingerprint density at radius 1 is 0.868 bits per heavy atom. The number of barbiturate groups is 1. The van der Waals surface area contributed by atoms with Crippen molar-refractivity contribution in [3.8, 4) is 17.2 Å². The number of nitrogens with one attached hydrogen (secondary N) is 1.